The molecule has 1 aromatic heterocycles. The van der Waals surface area contributed by atoms with Gasteiger partial charge in [-0.2, -0.15) is 0 Å². The second-order valence-corrected chi connectivity index (χ2v) is 8.34. The molecule has 3 aromatic carbocycles. The second-order valence-electron chi connectivity index (χ2n) is 8.34. The predicted octanol–water partition coefficient (Wildman–Crippen LogP) is 6.97. The van der Waals surface area contributed by atoms with Crippen molar-refractivity contribution in [3.8, 4) is 11.3 Å². The quantitative estimate of drug-likeness (QED) is 0.365. The molecule has 0 bridgehead atoms. The largest absolute Gasteiger partial charge is 0.248 e. The summed E-state index contributed by atoms with van der Waals surface area (Å²) in [6.07, 6.45) is 0. The van der Waals surface area contributed by atoms with E-state index < -0.39 is 0 Å². The van der Waals surface area contributed by atoms with Crippen LogP contribution in [0.2, 0.25) is 0 Å². The van der Waals surface area contributed by atoms with Crippen molar-refractivity contribution in [2.45, 2.75) is 40.0 Å². The molecule has 0 radical (unpaired) electrons. The van der Waals surface area contributed by atoms with Crippen molar-refractivity contribution in [2.75, 3.05) is 0 Å². The van der Waals surface area contributed by atoms with E-state index in [9.17, 15) is 0 Å². The molecular weight excluding hydrogens is 314 g/mol. The van der Waals surface area contributed by atoms with Crippen LogP contribution in [0.15, 0.2) is 60.7 Å². The molecule has 1 nitrogen and oxygen atoms in total. The molecule has 0 spiro atoms. The summed E-state index contributed by atoms with van der Waals surface area (Å²) in [7, 11) is 0. The Morgan fingerprint density at radius 3 is 2.31 bits per heavy atom. The van der Waals surface area contributed by atoms with E-state index in [0.29, 0.717) is 0 Å². The molecule has 4 rings (SSSR count). The number of nitrogens with zero attached hydrogens (tertiary/aromatic N) is 1. The smallest absolute Gasteiger partial charge is 0.0714 e. The van der Waals surface area contributed by atoms with E-state index in [2.05, 4.69) is 95.3 Å². The predicted molar refractivity (Wildman–Crippen MR) is 113 cm³/mol. The maximum absolute atomic E-state index is 5.00. The van der Waals surface area contributed by atoms with Gasteiger partial charge in [0, 0.05) is 10.9 Å². The highest BCUT2D eigenvalue weighted by Crippen LogP contribution is 2.35. The lowest BCUT2D eigenvalue weighted by Gasteiger charge is -2.23. The van der Waals surface area contributed by atoms with Crippen LogP contribution in [0.1, 0.15) is 37.5 Å². The standard InChI is InChI=1S/C25H25N/c1-16-10-11-20-17(2)13-23(26-24(20)12-16)19-14-18-8-6-7-9-21(18)22(15-19)25(3,4)5/h6-15H,1-5H3. The first-order valence-corrected chi connectivity index (χ1v) is 9.24. The Morgan fingerprint density at radius 2 is 1.54 bits per heavy atom. The van der Waals surface area contributed by atoms with Gasteiger partial charge in [0.15, 0.2) is 0 Å². The van der Waals surface area contributed by atoms with Crippen molar-refractivity contribution in [1.82, 2.24) is 4.98 Å². The molecule has 0 fully saturated rings. The van der Waals surface area contributed by atoms with Crippen LogP contribution in [0.5, 0.6) is 0 Å². The summed E-state index contributed by atoms with van der Waals surface area (Å²) >= 11 is 0. The zero-order valence-electron chi connectivity index (χ0n) is 16.2. The Morgan fingerprint density at radius 1 is 0.769 bits per heavy atom. The fraction of sp³-hybridized carbons (Fsp3) is 0.240. The summed E-state index contributed by atoms with van der Waals surface area (Å²) in [6.45, 7) is 11.1. The van der Waals surface area contributed by atoms with E-state index in [1.807, 2.05) is 0 Å². The van der Waals surface area contributed by atoms with Crippen molar-refractivity contribution >= 4 is 21.7 Å². The lowest BCUT2D eigenvalue weighted by Crippen LogP contribution is -2.12. The van der Waals surface area contributed by atoms with Gasteiger partial charge in [0.2, 0.25) is 0 Å². The Bertz CT molecular complexity index is 1130. The zero-order valence-corrected chi connectivity index (χ0v) is 16.2. The average Bonchev–Trinajstić information content (AvgIpc) is 2.59. The van der Waals surface area contributed by atoms with Gasteiger partial charge >= 0.3 is 0 Å². The van der Waals surface area contributed by atoms with Crippen LogP contribution in [-0.2, 0) is 5.41 Å². The molecule has 1 heteroatoms. The lowest BCUT2D eigenvalue weighted by atomic mass is 9.82. The number of rotatable bonds is 1. The van der Waals surface area contributed by atoms with Gasteiger partial charge < -0.3 is 0 Å². The van der Waals surface area contributed by atoms with E-state index in [1.54, 1.807) is 0 Å². The summed E-state index contributed by atoms with van der Waals surface area (Å²) in [5.74, 6) is 0. The van der Waals surface area contributed by atoms with E-state index in [0.717, 1.165) is 11.2 Å². The van der Waals surface area contributed by atoms with Gasteiger partial charge in [0.25, 0.3) is 0 Å². The molecule has 0 saturated heterocycles. The summed E-state index contributed by atoms with van der Waals surface area (Å²) in [4.78, 5) is 5.00. The Hall–Kier alpha value is -2.67. The maximum Gasteiger partial charge on any atom is 0.0714 e. The first kappa shape index (κ1) is 16.8. The van der Waals surface area contributed by atoms with Gasteiger partial charge in [-0.3, -0.25) is 0 Å². The van der Waals surface area contributed by atoms with E-state index >= 15 is 0 Å². The molecule has 0 aliphatic carbocycles. The first-order chi connectivity index (χ1) is 12.3. The highest BCUT2D eigenvalue weighted by molar-refractivity contribution is 5.92. The van der Waals surface area contributed by atoms with Crippen LogP contribution < -0.4 is 0 Å². The Balaban J connectivity index is 2.01. The van der Waals surface area contributed by atoms with Crippen LogP contribution in [0.3, 0.4) is 0 Å². The van der Waals surface area contributed by atoms with Crippen molar-refractivity contribution < 1.29 is 0 Å². The van der Waals surface area contributed by atoms with Crippen LogP contribution >= 0.6 is 0 Å². The molecule has 26 heavy (non-hydrogen) atoms. The molecule has 130 valence electrons. The monoisotopic (exact) mass is 339 g/mol. The number of aromatic nitrogens is 1. The SMILES string of the molecule is Cc1ccc2c(C)cc(-c3cc(C(C)(C)C)c4ccccc4c3)nc2c1. The van der Waals surface area contributed by atoms with Gasteiger partial charge in [-0.15, -0.1) is 0 Å². The third-order valence-corrected chi connectivity index (χ3v) is 5.14. The summed E-state index contributed by atoms with van der Waals surface area (Å²) in [5.41, 5.74) is 7.29. The third-order valence-electron chi connectivity index (χ3n) is 5.14. The minimum Gasteiger partial charge on any atom is -0.248 e. The number of hydrogen-bond acceptors (Lipinski definition) is 1. The highest BCUT2D eigenvalue weighted by Gasteiger charge is 2.18. The summed E-state index contributed by atoms with van der Waals surface area (Å²) in [6, 6.07) is 22.0. The van der Waals surface area contributed by atoms with Crippen LogP contribution in [0, 0.1) is 13.8 Å². The van der Waals surface area contributed by atoms with Gasteiger partial charge in [0.05, 0.1) is 11.2 Å². The lowest BCUT2D eigenvalue weighted by molar-refractivity contribution is 0.596. The second kappa shape index (κ2) is 5.95. The van der Waals surface area contributed by atoms with Gasteiger partial charge in [-0.25, -0.2) is 4.98 Å². The summed E-state index contributed by atoms with van der Waals surface area (Å²) < 4.78 is 0. The number of fused-ring (bicyclic) bond motifs is 2. The normalized spacial score (nSPS) is 12.0. The van der Waals surface area contributed by atoms with Crippen molar-refractivity contribution in [1.29, 1.82) is 0 Å². The van der Waals surface area contributed by atoms with Crippen LogP contribution in [0.4, 0.5) is 0 Å². The summed E-state index contributed by atoms with van der Waals surface area (Å²) in [5, 5.41) is 3.84. The van der Waals surface area contributed by atoms with Crippen molar-refractivity contribution in [3.63, 3.8) is 0 Å². The highest BCUT2D eigenvalue weighted by atomic mass is 14.7. The van der Waals surface area contributed by atoms with Crippen molar-refractivity contribution in [3.05, 3.63) is 77.4 Å². The van der Waals surface area contributed by atoms with E-state index in [-0.39, 0.29) is 5.41 Å². The van der Waals surface area contributed by atoms with Gasteiger partial charge in [0.1, 0.15) is 0 Å². The van der Waals surface area contributed by atoms with Gasteiger partial charge in [-0.1, -0.05) is 57.2 Å². The fourth-order valence-electron chi connectivity index (χ4n) is 3.74. The fourth-order valence-corrected chi connectivity index (χ4v) is 3.74. The van der Waals surface area contributed by atoms with Gasteiger partial charge in [-0.05, 0) is 71.0 Å². The molecule has 1 heterocycles. The van der Waals surface area contributed by atoms with Crippen LogP contribution in [0.25, 0.3) is 32.9 Å². The first-order valence-electron chi connectivity index (χ1n) is 9.24. The molecule has 0 atom stereocenters. The molecular formula is C25H25N. The topological polar surface area (TPSA) is 12.9 Å². The number of benzene rings is 3. The van der Waals surface area contributed by atoms with Crippen molar-refractivity contribution in [2.24, 2.45) is 0 Å². The molecule has 4 aromatic rings. The Labute approximate surface area is 155 Å². The molecule has 0 saturated carbocycles. The van der Waals surface area contributed by atoms with Crippen LogP contribution in [-0.4, -0.2) is 4.98 Å². The molecule has 0 amide bonds. The molecule has 0 N–H and O–H groups in total. The molecule has 0 unspecified atom stereocenters. The number of hydrogen-bond donors (Lipinski definition) is 0. The minimum atomic E-state index is 0.0814. The number of aryl methyl sites for hydroxylation is 2. The minimum absolute atomic E-state index is 0.0814. The maximum atomic E-state index is 5.00. The van der Waals surface area contributed by atoms with E-state index in [1.165, 1.54) is 38.4 Å². The van der Waals surface area contributed by atoms with E-state index in [4.69, 9.17) is 4.98 Å². The third kappa shape index (κ3) is 2.88. The average molecular weight is 339 g/mol. The Kier molecular flexibility index (Phi) is 3.84. The molecule has 0 aliphatic heterocycles. The molecule has 0 aliphatic rings. The number of pyridine rings is 1. The zero-order chi connectivity index (χ0) is 18.5.